The fraction of sp³-hybridized carbons (Fsp3) is 0.435. The van der Waals surface area contributed by atoms with E-state index < -0.39 is 0 Å². The topological polar surface area (TPSA) is 58.6 Å². The summed E-state index contributed by atoms with van der Waals surface area (Å²) in [4.78, 5) is 12.4. The van der Waals surface area contributed by atoms with E-state index >= 15 is 0 Å². The van der Waals surface area contributed by atoms with E-state index in [4.69, 9.17) is 4.74 Å². The molecule has 0 radical (unpaired) electrons. The number of benzene rings is 2. The number of ketones is 1. The summed E-state index contributed by atoms with van der Waals surface area (Å²) in [6.45, 7) is 4.15. The van der Waals surface area contributed by atoms with Gasteiger partial charge in [0.2, 0.25) is 0 Å². The van der Waals surface area contributed by atoms with Crippen molar-refractivity contribution in [3.63, 3.8) is 0 Å². The molecule has 144 valence electrons. The lowest BCUT2D eigenvalue weighted by Gasteiger charge is -2.27. The molecule has 1 aliphatic rings. The quantitative estimate of drug-likeness (QED) is 0.660. The second kappa shape index (κ2) is 8.94. The van der Waals surface area contributed by atoms with Crippen molar-refractivity contribution in [2.45, 2.75) is 64.5 Å². The van der Waals surface area contributed by atoms with Crippen LogP contribution in [0.4, 0.5) is 5.69 Å². The van der Waals surface area contributed by atoms with Crippen LogP contribution in [0.3, 0.4) is 0 Å². The first-order valence-electron chi connectivity index (χ1n) is 9.94. The second-order valence-corrected chi connectivity index (χ2v) is 7.43. The average molecular weight is 367 g/mol. The molecule has 0 spiro atoms. The summed E-state index contributed by atoms with van der Waals surface area (Å²) in [7, 11) is 0. The number of Topliss-reactive ketones (excluding diaryl/α,β-unsaturated/α-hetero) is 1. The van der Waals surface area contributed by atoms with Crippen LogP contribution in [-0.2, 0) is 6.42 Å². The van der Waals surface area contributed by atoms with Crippen molar-refractivity contribution in [1.29, 1.82) is 0 Å². The van der Waals surface area contributed by atoms with Crippen LogP contribution in [0.2, 0.25) is 0 Å². The van der Waals surface area contributed by atoms with Gasteiger partial charge in [0.05, 0.1) is 17.4 Å². The highest BCUT2D eigenvalue weighted by Gasteiger charge is 2.27. The highest BCUT2D eigenvalue weighted by molar-refractivity contribution is 6.06. The maximum absolute atomic E-state index is 12.4. The van der Waals surface area contributed by atoms with Gasteiger partial charge in [-0.1, -0.05) is 43.7 Å². The number of carbonyl (C=O) groups is 1. The summed E-state index contributed by atoms with van der Waals surface area (Å²) in [5, 5.41) is 13.7. The normalized spacial score (nSPS) is 17.1. The van der Waals surface area contributed by atoms with E-state index in [1.54, 1.807) is 6.07 Å². The largest absolute Gasteiger partial charge is 0.507 e. The molecule has 0 bridgehead atoms. The van der Waals surface area contributed by atoms with Crippen molar-refractivity contribution in [2.75, 3.05) is 5.32 Å². The number of rotatable bonds is 8. The van der Waals surface area contributed by atoms with Crippen molar-refractivity contribution < 1.29 is 14.6 Å². The number of phenolic OH excluding ortho intramolecular Hbond substituents is 1. The van der Waals surface area contributed by atoms with Gasteiger partial charge in [-0.2, -0.15) is 0 Å². The number of aromatic hydroxyl groups is 1. The van der Waals surface area contributed by atoms with Crippen molar-refractivity contribution in [1.82, 2.24) is 0 Å². The lowest BCUT2D eigenvalue weighted by Crippen LogP contribution is -2.29. The molecule has 1 heterocycles. The Labute approximate surface area is 161 Å². The van der Waals surface area contributed by atoms with Gasteiger partial charge >= 0.3 is 0 Å². The molecule has 4 nitrogen and oxygen atoms in total. The van der Waals surface area contributed by atoms with E-state index in [0.29, 0.717) is 23.4 Å². The summed E-state index contributed by atoms with van der Waals surface area (Å²) in [6.07, 6.45) is 5.42. The molecule has 0 aliphatic carbocycles. The molecule has 2 atom stereocenters. The van der Waals surface area contributed by atoms with E-state index in [-0.39, 0.29) is 23.7 Å². The molecule has 27 heavy (non-hydrogen) atoms. The first-order valence-corrected chi connectivity index (χ1v) is 9.94. The Hall–Kier alpha value is -2.49. The minimum Gasteiger partial charge on any atom is -0.507 e. The van der Waals surface area contributed by atoms with Gasteiger partial charge in [-0.3, -0.25) is 4.79 Å². The Morgan fingerprint density at radius 1 is 1.26 bits per heavy atom. The van der Waals surface area contributed by atoms with E-state index in [1.165, 1.54) is 5.56 Å². The van der Waals surface area contributed by atoms with E-state index in [2.05, 4.69) is 36.5 Å². The van der Waals surface area contributed by atoms with Crippen LogP contribution in [0, 0.1) is 0 Å². The third-order valence-corrected chi connectivity index (χ3v) is 5.05. The monoisotopic (exact) mass is 367 g/mol. The predicted octanol–water partition coefficient (Wildman–Crippen LogP) is 5.35. The van der Waals surface area contributed by atoms with Gasteiger partial charge in [0.25, 0.3) is 0 Å². The molecule has 4 heteroatoms. The maximum Gasteiger partial charge on any atom is 0.170 e. The van der Waals surface area contributed by atoms with Crippen LogP contribution < -0.4 is 10.1 Å². The third kappa shape index (κ3) is 5.03. The molecular formula is C23H29NO3. The number of nitrogens with one attached hydrogen (secondary N) is 1. The first-order chi connectivity index (χ1) is 13.1. The zero-order chi connectivity index (χ0) is 19.2. The van der Waals surface area contributed by atoms with Gasteiger partial charge in [0.1, 0.15) is 11.5 Å². The highest BCUT2D eigenvalue weighted by atomic mass is 16.5. The van der Waals surface area contributed by atoms with Crippen LogP contribution in [0.15, 0.2) is 42.5 Å². The standard InChI is InChI=1S/C23H29NO3/c1-3-8-18-13-21(25)23-20(24-18)14-19(15-22(23)26)27-16(2)9-7-12-17-10-5-4-6-11-17/h4-6,10-11,14-16,18,24,26H,3,7-9,12-13H2,1-2H3. The van der Waals surface area contributed by atoms with Crippen molar-refractivity contribution >= 4 is 11.5 Å². The minimum atomic E-state index is 0.00200. The SMILES string of the molecule is CCCC1CC(=O)c2c(O)cc(OC(C)CCCc3ccccc3)cc2N1. The van der Waals surface area contributed by atoms with Crippen LogP contribution in [0.5, 0.6) is 11.5 Å². The zero-order valence-corrected chi connectivity index (χ0v) is 16.2. The molecule has 2 N–H and O–H groups in total. The highest BCUT2D eigenvalue weighted by Crippen LogP contribution is 2.37. The first kappa shape index (κ1) is 19.3. The van der Waals surface area contributed by atoms with Crippen LogP contribution in [0.25, 0.3) is 0 Å². The number of phenols is 1. The second-order valence-electron chi connectivity index (χ2n) is 7.43. The predicted molar refractivity (Wildman–Crippen MR) is 109 cm³/mol. The Bertz CT molecular complexity index is 773. The van der Waals surface area contributed by atoms with E-state index in [0.717, 1.165) is 32.1 Å². The number of fused-ring (bicyclic) bond motifs is 1. The van der Waals surface area contributed by atoms with E-state index in [1.807, 2.05) is 19.1 Å². The summed E-state index contributed by atoms with van der Waals surface area (Å²) in [5.74, 6) is 0.615. The molecule has 1 aliphatic heterocycles. The number of aryl methyl sites for hydroxylation is 1. The molecule has 0 fully saturated rings. The zero-order valence-electron chi connectivity index (χ0n) is 16.2. The number of hydrogen-bond acceptors (Lipinski definition) is 4. The van der Waals surface area contributed by atoms with Crippen LogP contribution in [0.1, 0.15) is 61.9 Å². The van der Waals surface area contributed by atoms with Gasteiger partial charge in [-0.25, -0.2) is 0 Å². The molecular weight excluding hydrogens is 338 g/mol. The number of hydrogen-bond donors (Lipinski definition) is 2. The average Bonchev–Trinajstić information content (AvgIpc) is 2.62. The third-order valence-electron chi connectivity index (χ3n) is 5.05. The molecule has 2 aromatic rings. The Balaban J connectivity index is 1.61. The molecule has 2 aromatic carbocycles. The molecule has 2 unspecified atom stereocenters. The van der Waals surface area contributed by atoms with Gasteiger partial charge in [0.15, 0.2) is 5.78 Å². The van der Waals surface area contributed by atoms with Crippen molar-refractivity contribution in [2.24, 2.45) is 0 Å². The summed E-state index contributed by atoms with van der Waals surface area (Å²) in [5.41, 5.74) is 2.42. The number of anilines is 1. The Morgan fingerprint density at radius 2 is 2.04 bits per heavy atom. The Kier molecular flexibility index (Phi) is 6.38. The minimum absolute atomic E-state index is 0.00200. The lowest BCUT2D eigenvalue weighted by atomic mass is 9.93. The van der Waals surface area contributed by atoms with Crippen molar-refractivity contribution in [3.8, 4) is 11.5 Å². The van der Waals surface area contributed by atoms with Gasteiger partial charge in [-0.15, -0.1) is 0 Å². The number of ether oxygens (including phenoxy) is 1. The van der Waals surface area contributed by atoms with Crippen molar-refractivity contribution in [3.05, 3.63) is 53.6 Å². The van der Waals surface area contributed by atoms with Gasteiger partial charge in [-0.05, 0) is 38.2 Å². The maximum atomic E-state index is 12.4. The summed E-state index contributed by atoms with van der Waals surface area (Å²) in [6, 6.07) is 14.0. The van der Waals surface area contributed by atoms with Gasteiger partial charge < -0.3 is 15.2 Å². The Morgan fingerprint density at radius 3 is 2.78 bits per heavy atom. The lowest BCUT2D eigenvalue weighted by molar-refractivity contribution is 0.0968. The summed E-state index contributed by atoms with van der Waals surface area (Å²) < 4.78 is 6.02. The number of carbonyl (C=O) groups excluding carboxylic acids is 1. The molecule has 0 saturated heterocycles. The van der Waals surface area contributed by atoms with Crippen LogP contribution in [-0.4, -0.2) is 23.0 Å². The summed E-state index contributed by atoms with van der Waals surface area (Å²) >= 11 is 0. The molecule has 0 saturated carbocycles. The smallest absolute Gasteiger partial charge is 0.170 e. The van der Waals surface area contributed by atoms with E-state index in [9.17, 15) is 9.90 Å². The molecule has 0 amide bonds. The fourth-order valence-corrected chi connectivity index (χ4v) is 3.72. The molecule has 3 rings (SSSR count). The molecule has 0 aromatic heterocycles. The fourth-order valence-electron chi connectivity index (χ4n) is 3.72. The van der Waals surface area contributed by atoms with Crippen LogP contribution >= 0.6 is 0 Å². The van der Waals surface area contributed by atoms with Gasteiger partial charge in [0, 0.05) is 24.6 Å².